The minimum atomic E-state index is 0.905. The molecular weight excluding hydrogens is 222 g/mol. The van der Waals surface area contributed by atoms with Crippen LogP contribution in [0.3, 0.4) is 0 Å². The molecule has 0 spiro atoms. The van der Waals surface area contributed by atoms with Gasteiger partial charge in [0.2, 0.25) is 0 Å². The van der Waals surface area contributed by atoms with Crippen LogP contribution < -0.4 is 5.32 Å². The molecule has 0 bridgehead atoms. The molecule has 86 valence electrons. The molecule has 0 radical (unpaired) electrons. The summed E-state index contributed by atoms with van der Waals surface area (Å²) in [5.41, 5.74) is 0. The number of hydrogen-bond donors (Lipinski definition) is 2. The van der Waals surface area contributed by atoms with Crippen molar-refractivity contribution in [3.05, 3.63) is 28.2 Å². The largest absolute Gasteiger partial charge is 0.312 e. The third-order valence-electron chi connectivity index (χ3n) is 2.20. The molecule has 2 aromatic rings. The Bertz CT molecular complexity index is 409. The van der Waals surface area contributed by atoms with Gasteiger partial charge in [-0.2, -0.15) is 5.10 Å². The predicted octanol–water partition coefficient (Wildman–Crippen LogP) is 1.29. The van der Waals surface area contributed by atoms with Crippen molar-refractivity contribution < 1.29 is 0 Å². The molecule has 16 heavy (non-hydrogen) atoms. The molecule has 0 unspecified atom stereocenters. The Balaban J connectivity index is 1.59. The molecule has 0 saturated carbocycles. The van der Waals surface area contributed by atoms with E-state index in [1.807, 2.05) is 13.1 Å². The molecule has 0 amide bonds. The number of hydrogen-bond acceptors (Lipinski definition) is 5. The van der Waals surface area contributed by atoms with Gasteiger partial charge in [0.05, 0.1) is 5.01 Å². The van der Waals surface area contributed by atoms with E-state index in [-0.39, 0.29) is 0 Å². The van der Waals surface area contributed by atoms with Crippen LogP contribution in [0, 0.1) is 6.92 Å². The second kappa shape index (κ2) is 5.72. The minimum Gasteiger partial charge on any atom is -0.312 e. The fraction of sp³-hybridized carbons (Fsp3) is 0.500. The van der Waals surface area contributed by atoms with Crippen molar-refractivity contribution in [2.45, 2.75) is 26.3 Å². The van der Waals surface area contributed by atoms with Gasteiger partial charge in [-0.05, 0) is 19.9 Å². The molecule has 0 aliphatic heterocycles. The highest BCUT2D eigenvalue weighted by Crippen LogP contribution is 2.10. The first-order valence-corrected chi connectivity index (χ1v) is 6.12. The van der Waals surface area contributed by atoms with Gasteiger partial charge in [0.1, 0.15) is 12.2 Å². The SMILES string of the molecule is Cc1ncc(CNCCCc2ncn[nH]2)s1. The number of nitrogens with one attached hydrogen (secondary N) is 2. The summed E-state index contributed by atoms with van der Waals surface area (Å²) in [5, 5.41) is 11.2. The maximum atomic E-state index is 4.21. The third kappa shape index (κ3) is 3.39. The Labute approximate surface area is 98.3 Å². The highest BCUT2D eigenvalue weighted by Gasteiger charge is 1.98. The minimum absolute atomic E-state index is 0.905. The molecule has 0 aliphatic rings. The Morgan fingerprint density at radius 1 is 1.44 bits per heavy atom. The van der Waals surface area contributed by atoms with Crippen LogP contribution in [0.15, 0.2) is 12.5 Å². The first-order chi connectivity index (χ1) is 7.84. The predicted molar refractivity (Wildman–Crippen MR) is 63.3 cm³/mol. The van der Waals surface area contributed by atoms with E-state index in [2.05, 4.69) is 25.5 Å². The second-order valence-corrected chi connectivity index (χ2v) is 4.88. The van der Waals surface area contributed by atoms with Crippen LogP contribution in [0.2, 0.25) is 0 Å². The Morgan fingerprint density at radius 3 is 3.06 bits per heavy atom. The van der Waals surface area contributed by atoms with Crippen molar-refractivity contribution in [2.75, 3.05) is 6.54 Å². The lowest BCUT2D eigenvalue weighted by molar-refractivity contribution is 0.643. The number of thiazole rings is 1. The van der Waals surface area contributed by atoms with E-state index in [1.165, 1.54) is 4.88 Å². The zero-order valence-electron chi connectivity index (χ0n) is 9.23. The summed E-state index contributed by atoms with van der Waals surface area (Å²) >= 11 is 1.74. The van der Waals surface area contributed by atoms with Gasteiger partial charge < -0.3 is 5.32 Å². The van der Waals surface area contributed by atoms with Crippen molar-refractivity contribution in [3.63, 3.8) is 0 Å². The number of aryl methyl sites for hydroxylation is 2. The third-order valence-corrected chi connectivity index (χ3v) is 3.11. The molecule has 0 atom stereocenters. The van der Waals surface area contributed by atoms with Crippen molar-refractivity contribution in [2.24, 2.45) is 0 Å². The van der Waals surface area contributed by atoms with Crippen LogP contribution in [-0.4, -0.2) is 26.7 Å². The van der Waals surface area contributed by atoms with Gasteiger partial charge in [-0.1, -0.05) is 0 Å². The molecule has 0 saturated heterocycles. The number of nitrogens with zero attached hydrogens (tertiary/aromatic N) is 3. The van der Waals surface area contributed by atoms with Gasteiger partial charge in [-0.25, -0.2) is 9.97 Å². The average Bonchev–Trinajstić information content (AvgIpc) is 2.89. The zero-order valence-corrected chi connectivity index (χ0v) is 10.0. The highest BCUT2D eigenvalue weighted by atomic mass is 32.1. The fourth-order valence-corrected chi connectivity index (χ4v) is 2.20. The number of aromatic amines is 1. The molecule has 2 N–H and O–H groups in total. The van der Waals surface area contributed by atoms with Crippen LogP contribution in [0.5, 0.6) is 0 Å². The second-order valence-electron chi connectivity index (χ2n) is 3.56. The maximum Gasteiger partial charge on any atom is 0.137 e. The molecule has 2 rings (SSSR count). The molecule has 0 aromatic carbocycles. The smallest absolute Gasteiger partial charge is 0.137 e. The van der Waals surface area contributed by atoms with E-state index in [0.29, 0.717) is 0 Å². The molecular formula is C10H15N5S. The topological polar surface area (TPSA) is 66.5 Å². The van der Waals surface area contributed by atoms with Gasteiger partial charge in [-0.15, -0.1) is 11.3 Å². The molecule has 2 aromatic heterocycles. The lowest BCUT2D eigenvalue weighted by atomic mass is 10.3. The van der Waals surface area contributed by atoms with Crippen LogP contribution in [0.25, 0.3) is 0 Å². The van der Waals surface area contributed by atoms with Gasteiger partial charge >= 0.3 is 0 Å². The van der Waals surface area contributed by atoms with Crippen LogP contribution in [0.1, 0.15) is 22.1 Å². The standard InChI is InChI=1S/C10H15N5S/c1-8-12-6-9(16-8)5-11-4-2-3-10-13-7-14-15-10/h6-7,11H,2-5H2,1H3,(H,13,14,15). The Hall–Kier alpha value is -1.27. The van der Waals surface area contributed by atoms with E-state index in [9.17, 15) is 0 Å². The molecule has 2 heterocycles. The Morgan fingerprint density at radius 2 is 2.38 bits per heavy atom. The summed E-state index contributed by atoms with van der Waals surface area (Å²) in [6, 6.07) is 0. The lowest BCUT2D eigenvalue weighted by Crippen LogP contribution is -2.14. The monoisotopic (exact) mass is 237 g/mol. The number of rotatable bonds is 6. The zero-order chi connectivity index (χ0) is 11.2. The molecule has 6 heteroatoms. The summed E-state index contributed by atoms with van der Waals surface area (Å²) < 4.78 is 0. The summed E-state index contributed by atoms with van der Waals surface area (Å²) in [6.45, 7) is 3.91. The van der Waals surface area contributed by atoms with Crippen molar-refractivity contribution in [1.82, 2.24) is 25.5 Å². The van der Waals surface area contributed by atoms with Crippen molar-refractivity contribution >= 4 is 11.3 Å². The van der Waals surface area contributed by atoms with Gasteiger partial charge in [0, 0.05) is 24.0 Å². The maximum absolute atomic E-state index is 4.21. The van der Waals surface area contributed by atoms with E-state index >= 15 is 0 Å². The quantitative estimate of drug-likeness (QED) is 0.743. The average molecular weight is 237 g/mol. The normalized spacial score (nSPS) is 10.8. The van der Waals surface area contributed by atoms with Gasteiger partial charge in [-0.3, -0.25) is 5.10 Å². The number of aromatic nitrogens is 4. The van der Waals surface area contributed by atoms with E-state index in [1.54, 1.807) is 17.7 Å². The Kier molecular flexibility index (Phi) is 4.01. The van der Waals surface area contributed by atoms with Gasteiger partial charge in [0.15, 0.2) is 0 Å². The molecule has 0 aliphatic carbocycles. The van der Waals surface area contributed by atoms with Crippen LogP contribution >= 0.6 is 11.3 Å². The van der Waals surface area contributed by atoms with E-state index < -0.39 is 0 Å². The summed E-state index contributed by atoms with van der Waals surface area (Å²) in [6.07, 6.45) is 5.48. The number of H-pyrrole nitrogens is 1. The summed E-state index contributed by atoms with van der Waals surface area (Å²) in [5.74, 6) is 0.954. The van der Waals surface area contributed by atoms with Crippen molar-refractivity contribution in [1.29, 1.82) is 0 Å². The summed E-state index contributed by atoms with van der Waals surface area (Å²) in [7, 11) is 0. The van der Waals surface area contributed by atoms with Crippen LogP contribution in [0.4, 0.5) is 0 Å². The first kappa shape index (κ1) is 11.2. The molecule has 0 fully saturated rings. The molecule has 5 nitrogen and oxygen atoms in total. The fourth-order valence-electron chi connectivity index (χ4n) is 1.43. The van der Waals surface area contributed by atoms with E-state index in [0.717, 1.165) is 36.8 Å². The lowest BCUT2D eigenvalue weighted by Gasteiger charge is -2.00. The highest BCUT2D eigenvalue weighted by molar-refractivity contribution is 7.11. The van der Waals surface area contributed by atoms with Crippen LogP contribution in [-0.2, 0) is 13.0 Å². The first-order valence-electron chi connectivity index (χ1n) is 5.31. The van der Waals surface area contributed by atoms with E-state index in [4.69, 9.17) is 0 Å². The van der Waals surface area contributed by atoms with Crippen molar-refractivity contribution in [3.8, 4) is 0 Å². The van der Waals surface area contributed by atoms with Gasteiger partial charge in [0.25, 0.3) is 0 Å². The summed E-state index contributed by atoms with van der Waals surface area (Å²) in [4.78, 5) is 9.57.